The summed E-state index contributed by atoms with van der Waals surface area (Å²) in [6, 6.07) is 8.06. The molecule has 0 saturated carbocycles. The predicted molar refractivity (Wildman–Crippen MR) is 82.3 cm³/mol. The number of hydrogen-bond acceptors (Lipinski definition) is 3. The highest BCUT2D eigenvalue weighted by Gasteiger charge is 2.14. The van der Waals surface area contributed by atoms with E-state index in [1.807, 2.05) is 18.2 Å². The van der Waals surface area contributed by atoms with Gasteiger partial charge in [0.15, 0.2) is 11.5 Å². The lowest BCUT2D eigenvalue weighted by Gasteiger charge is -2.12. The zero-order valence-electron chi connectivity index (χ0n) is 9.94. The van der Waals surface area contributed by atoms with Gasteiger partial charge in [0, 0.05) is 0 Å². The van der Waals surface area contributed by atoms with Crippen molar-refractivity contribution in [2.24, 2.45) is 0 Å². The van der Waals surface area contributed by atoms with Crippen LogP contribution in [-0.2, 0) is 0 Å². The molecule has 0 bridgehead atoms. The molecular weight excluding hydrogens is 380 g/mol. The molecule has 18 heavy (non-hydrogen) atoms. The maximum atomic E-state index is 5.32. The van der Waals surface area contributed by atoms with E-state index >= 15 is 0 Å². The molecule has 2 rings (SSSR count). The van der Waals surface area contributed by atoms with Gasteiger partial charge in [-0.15, -0.1) is 11.3 Å². The third-order valence-corrected chi connectivity index (χ3v) is 5.16. The Labute approximate surface area is 127 Å². The molecule has 0 aliphatic rings. The van der Waals surface area contributed by atoms with Crippen LogP contribution in [0.5, 0.6) is 11.5 Å². The van der Waals surface area contributed by atoms with Crippen molar-refractivity contribution in [1.82, 2.24) is 0 Å². The van der Waals surface area contributed by atoms with E-state index in [1.165, 1.54) is 5.56 Å². The molecule has 0 spiro atoms. The number of methoxy groups -OCH3 is 2. The molecule has 0 amide bonds. The first-order chi connectivity index (χ1) is 8.65. The average Bonchev–Trinajstić information content (AvgIpc) is 2.83. The highest BCUT2D eigenvalue weighted by atomic mass is 79.9. The third-order valence-electron chi connectivity index (χ3n) is 2.58. The molecular formula is C13H12Br2O2S. The lowest BCUT2D eigenvalue weighted by molar-refractivity contribution is 0.354. The molecule has 0 fully saturated rings. The first-order valence-electron chi connectivity index (χ1n) is 5.25. The summed E-state index contributed by atoms with van der Waals surface area (Å²) in [5, 5.41) is 2.13. The second-order valence-electron chi connectivity index (χ2n) is 3.66. The summed E-state index contributed by atoms with van der Waals surface area (Å²) >= 11 is 8.86. The van der Waals surface area contributed by atoms with Crippen LogP contribution >= 0.6 is 43.2 Å². The van der Waals surface area contributed by atoms with Gasteiger partial charge in [-0.1, -0.05) is 22.0 Å². The monoisotopic (exact) mass is 390 g/mol. The highest BCUT2D eigenvalue weighted by Crippen LogP contribution is 2.38. The number of halogens is 2. The molecule has 0 aliphatic heterocycles. The molecule has 0 radical (unpaired) electrons. The Hall–Kier alpha value is -0.520. The average molecular weight is 392 g/mol. The predicted octanol–water partition coefficient (Wildman–Crippen LogP) is 5.01. The first kappa shape index (κ1) is 13.9. The van der Waals surface area contributed by atoms with Gasteiger partial charge in [0.1, 0.15) is 0 Å². The molecule has 1 aromatic heterocycles. The van der Waals surface area contributed by atoms with Crippen LogP contribution in [-0.4, -0.2) is 14.2 Å². The number of hydrogen-bond donors (Lipinski definition) is 0. The fraction of sp³-hybridized carbons (Fsp3) is 0.231. The summed E-state index contributed by atoms with van der Waals surface area (Å²) in [7, 11) is 3.28. The van der Waals surface area contributed by atoms with Gasteiger partial charge >= 0.3 is 0 Å². The molecule has 0 saturated heterocycles. The number of ether oxygens (including phenoxy) is 2. The van der Waals surface area contributed by atoms with Crippen LogP contribution in [0.4, 0.5) is 0 Å². The van der Waals surface area contributed by atoms with E-state index in [-0.39, 0.29) is 4.83 Å². The van der Waals surface area contributed by atoms with Gasteiger partial charge in [-0.2, -0.15) is 0 Å². The van der Waals surface area contributed by atoms with Gasteiger partial charge in [0.25, 0.3) is 0 Å². The molecule has 1 heterocycles. The quantitative estimate of drug-likeness (QED) is 0.681. The van der Waals surface area contributed by atoms with Crippen LogP contribution in [0.25, 0.3) is 0 Å². The van der Waals surface area contributed by atoms with Gasteiger partial charge < -0.3 is 9.47 Å². The molecule has 0 aliphatic carbocycles. The second kappa shape index (κ2) is 6.08. The number of benzene rings is 1. The Bertz CT molecular complexity index is 540. The topological polar surface area (TPSA) is 18.5 Å². The molecule has 2 aromatic rings. The van der Waals surface area contributed by atoms with Crippen molar-refractivity contribution in [2.45, 2.75) is 4.83 Å². The summed E-state index contributed by atoms with van der Waals surface area (Å²) in [6.45, 7) is 0. The van der Waals surface area contributed by atoms with Crippen molar-refractivity contribution in [3.05, 3.63) is 44.6 Å². The van der Waals surface area contributed by atoms with Crippen LogP contribution in [0.15, 0.2) is 33.4 Å². The first-order valence-corrected chi connectivity index (χ1v) is 7.84. The van der Waals surface area contributed by atoms with E-state index in [2.05, 4.69) is 43.3 Å². The molecule has 1 atom stereocenters. The Balaban J connectivity index is 2.33. The van der Waals surface area contributed by atoms with Gasteiger partial charge in [-0.05, 0) is 50.6 Å². The SMILES string of the molecule is COc1ccc(C(Br)c2csc(Br)c2)cc1OC. The normalized spacial score (nSPS) is 12.2. The standard InChI is InChI=1S/C13H12Br2O2S/c1-16-10-4-3-8(5-11(10)17-2)13(15)9-6-12(14)18-7-9/h3-7,13H,1-2H3. The summed E-state index contributed by atoms with van der Waals surface area (Å²) < 4.78 is 11.7. The van der Waals surface area contributed by atoms with E-state index < -0.39 is 0 Å². The third kappa shape index (κ3) is 2.90. The van der Waals surface area contributed by atoms with Crippen molar-refractivity contribution >= 4 is 43.2 Å². The largest absolute Gasteiger partial charge is 0.493 e. The van der Waals surface area contributed by atoms with E-state index in [9.17, 15) is 0 Å². The van der Waals surface area contributed by atoms with Crippen molar-refractivity contribution in [3.8, 4) is 11.5 Å². The Kier molecular flexibility index (Phi) is 4.70. The van der Waals surface area contributed by atoms with Crippen LogP contribution < -0.4 is 9.47 Å². The zero-order valence-corrected chi connectivity index (χ0v) is 13.9. The van der Waals surface area contributed by atoms with Gasteiger partial charge in [-0.3, -0.25) is 0 Å². The minimum atomic E-state index is 0.153. The van der Waals surface area contributed by atoms with Crippen molar-refractivity contribution in [2.75, 3.05) is 14.2 Å². The fourth-order valence-electron chi connectivity index (χ4n) is 1.66. The second-order valence-corrected chi connectivity index (χ2v) is 6.87. The maximum Gasteiger partial charge on any atom is 0.161 e. The van der Waals surface area contributed by atoms with E-state index in [4.69, 9.17) is 9.47 Å². The molecule has 5 heteroatoms. The molecule has 2 nitrogen and oxygen atoms in total. The molecule has 1 unspecified atom stereocenters. The maximum absolute atomic E-state index is 5.32. The Morgan fingerprint density at radius 1 is 1.06 bits per heavy atom. The van der Waals surface area contributed by atoms with Crippen molar-refractivity contribution in [1.29, 1.82) is 0 Å². The summed E-state index contributed by atoms with van der Waals surface area (Å²) in [4.78, 5) is 0.153. The minimum absolute atomic E-state index is 0.153. The minimum Gasteiger partial charge on any atom is -0.493 e. The summed E-state index contributed by atoms with van der Waals surface area (Å²) in [5.74, 6) is 1.49. The fourth-order valence-corrected chi connectivity index (χ4v) is 3.58. The summed E-state index contributed by atoms with van der Waals surface area (Å²) in [5.41, 5.74) is 2.36. The van der Waals surface area contributed by atoms with Crippen LogP contribution in [0.2, 0.25) is 0 Å². The molecule has 1 aromatic carbocycles. The molecule has 96 valence electrons. The van der Waals surface area contributed by atoms with Crippen LogP contribution in [0.3, 0.4) is 0 Å². The van der Waals surface area contributed by atoms with Crippen molar-refractivity contribution < 1.29 is 9.47 Å². The van der Waals surface area contributed by atoms with Gasteiger partial charge in [0.05, 0.1) is 22.8 Å². The van der Waals surface area contributed by atoms with E-state index in [0.29, 0.717) is 0 Å². The van der Waals surface area contributed by atoms with Crippen LogP contribution in [0, 0.1) is 0 Å². The number of thiophene rings is 1. The van der Waals surface area contributed by atoms with Crippen LogP contribution in [0.1, 0.15) is 16.0 Å². The smallest absolute Gasteiger partial charge is 0.161 e. The zero-order chi connectivity index (χ0) is 13.1. The molecule has 0 N–H and O–H groups in total. The number of rotatable bonds is 4. The van der Waals surface area contributed by atoms with Gasteiger partial charge in [-0.25, -0.2) is 0 Å². The number of alkyl halides is 1. The van der Waals surface area contributed by atoms with E-state index in [1.54, 1.807) is 25.6 Å². The lowest BCUT2D eigenvalue weighted by Crippen LogP contribution is -1.95. The van der Waals surface area contributed by atoms with E-state index in [0.717, 1.165) is 20.8 Å². The summed E-state index contributed by atoms with van der Waals surface area (Å²) in [6.07, 6.45) is 0. The van der Waals surface area contributed by atoms with Crippen molar-refractivity contribution in [3.63, 3.8) is 0 Å². The highest BCUT2D eigenvalue weighted by molar-refractivity contribution is 9.11. The van der Waals surface area contributed by atoms with Gasteiger partial charge in [0.2, 0.25) is 0 Å². The Morgan fingerprint density at radius 3 is 2.33 bits per heavy atom. The Morgan fingerprint density at radius 2 is 1.78 bits per heavy atom. The lowest BCUT2D eigenvalue weighted by atomic mass is 10.1.